The predicted octanol–water partition coefficient (Wildman–Crippen LogP) is 5.33. The molecule has 0 saturated heterocycles. The van der Waals surface area contributed by atoms with Gasteiger partial charge < -0.3 is 9.80 Å². The first-order valence-corrected chi connectivity index (χ1v) is 11.1. The largest absolute Gasteiger partial charge is 0.340 e. The number of benzene rings is 2. The summed E-state index contributed by atoms with van der Waals surface area (Å²) in [4.78, 5) is 16.9. The lowest BCUT2D eigenvalue weighted by molar-refractivity contribution is -0.132. The van der Waals surface area contributed by atoms with Crippen LogP contribution < -0.4 is 0 Å². The Balaban J connectivity index is 1.56. The van der Waals surface area contributed by atoms with Crippen molar-refractivity contribution in [1.29, 1.82) is 0 Å². The maximum Gasteiger partial charge on any atom is 0.219 e. The number of aryl methyl sites for hydroxylation is 1. The molecule has 1 saturated carbocycles. The molecule has 0 heterocycles. The molecule has 156 valence electrons. The second-order valence-corrected chi connectivity index (χ2v) is 8.69. The second kappa shape index (κ2) is 10.6. The van der Waals surface area contributed by atoms with Crippen LogP contribution in [0.5, 0.6) is 0 Å². The van der Waals surface area contributed by atoms with Gasteiger partial charge in [-0.25, -0.2) is 0 Å². The van der Waals surface area contributed by atoms with Crippen LogP contribution in [-0.2, 0) is 11.2 Å². The Morgan fingerprint density at radius 1 is 0.931 bits per heavy atom. The molecule has 0 bridgehead atoms. The third-order valence-corrected chi connectivity index (χ3v) is 6.44. The molecular weight excluding hydrogens is 356 g/mol. The summed E-state index contributed by atoms with van der Waals surface area (Å²) in [5.74, 6) is 0.885. The monoisotopic (exact) mass is 392 g/mol. The molecule has 0 aromatic heterocycles. The third-order valence-electron chi connectivity index (χ3n) is 6.44. The molecule has 1 fully saturated rings. The van der Waals surface area contributed by atoms with Crippen molar-refractivity contribution in [2.24, 2.45) is 5.92 Å². The highest BCUT2D eigenvalue weighted by molar-refractivity contribution is 5.73. The summed E-state index contributed by atoms with van der Waals surface area (Å²) in [6.07, 6.45) is 6.68. The van der Waals surface area contributed by atoms with E-state index < -0.39 is 0 Å². The van der Waals surface area contributed by atoms with Crippen LogP contribution in [0.2, 0.25) is 0 Å². The Hall–Kier alpha value is -2.13. The normalized spacial score (nSPS) is 20.4. The molecule has 0 radical (unpaired) electrons. The molecule has 3 rings (SSSR count). The summed E-state index contributed by atoms with van der Waals surface area (Å²) in [7, 11) is 4.38. The highest BCUT2D eigenvalue weighted by atomic mass is 16.2. The zero-order chi connectivity index (χ0) is 20.6. The molecule has 3 nitrogen and oxygen atoms in total. The Morgan fingerprint density at radius 2 is 1.52 bits per heavy atom. The van der Waals surface area contributed by atoms with Crippen LogP contribution in [0.3, 0.4) is 0 Å². The fourth-order valence-electron chi connectivity index (χ4n) is 5.07. The van der Waals surface area contributed by atoms with Gasteiger partial charge in [0.05, 0.1) is 0 Å². The van der Waals surface area contributed by atoms with Crippen LogP contribution in [0.4, 0.5) is 0 Å². The van der Waals surface area contributed by atoms with Crippen molar-refractivity contribution >= 4 is 5.91 Å². The summed E-state index contributed by atoms with van der Waals surface area (Å²) in [5.41, 5.74) is 2.77. The molecule has 1 amide bonds. The van der Waals surface area contributed by atoms with Gasteiger partial charge in [0.15, 0.2) is 0 Å². The minimum Gasteiger partial charge on any atom is -0.340 e. The van der Waals surface area contributed by atoms with Gasteiger partial charge >= 0.3 is 0 Å². The van der Waals surface area contributed by atoms with Gasteiger partial charge in [-0.05, 0) is 69.7 Å². The van der Waals surface area contributed by atoms with E-state index >= 15 is 0 Å². The summed E-state index contributed by atoms with van der Waals surface area (Å²) in [6, 6.07) is 22.3. The molecule has 29 heavy (non-hydrogen) atoms. The summed E-state index contributed by atoms with van der Waals surface area (Å²) in [6.45, 7) is 2.61. The van der Waals surface area contributed by atoms with Gasteiger partial charge in [0, 0.05) is 25.6 Å². The average molecular weight is 393 g/mol. The van der Waals surface area contributed by atoms with Crippen molar-refractivity contribution in [1.82, 2.24) is 9.80 Å². The van der Waals surface area contributed by atoms with Crippen LogP contribution in [0, 0.1) is 5.92 Å². The third kappa shape index (κ3) is 5.93. The molecule has 0 N–H and O–H groups in total. The maximum absolute atomic E-state index is 12.3. The van der Waals surface area contributed by atoms with Crippen molar-refractivity contribution in [3.8, 4) is 0 Å². The molecule has 2 aromatic carbocycles. The minimum atomic E-state index is 0.230. The average Bonchev–Trinajstić information content (AvgIpc) is 2.73. The number of hydrogen-bond donors (Lipinski definition) is 0. The number of carbonyl (C=O) groups excluding carboxylic acids is 1. The topological polar surface area (TPSA) is 23.6 Å². The molecule has 1 aliphatic rings. The van der Waals surface area contributed by atoms with E-state index in [1.807, 2.05) is 0 Å². The van der Waals surface area contributed by atoms with Crippen LogP contribution in [0.1, 0.15) is 56.2 Å². The lowest BCUT2D eigenvalue weighted by atomic mass is 9.78. The quantitative estimate of drug-likeness (QED) is 0.606. The van der Waals surface area contributed by atoms with E-state index in [1.54, 1.807) is 6.92 Å². The summed E-state index contributed by atoms with van der Waals surface area (Å²) >= 11 is 0. The van der Waals surface area contributed by atoms with Crippen molar-refractivity contribution < 1.29 is 4.79 Å². The smallest absolute Gasteiger partial charge is 0.219 e. The number of amides is 1. The fraction of sp³-hybridized carbons (Fsp3) is 0.500. The Labute approximate surface area is 176 Å². The van der Waals surface area contributed by atoms with Gasteiger partial charge in [0.25, 0.3) is 0 Å². The highest BCUT2D eigenvalue weighted by Gasteiger charge is 2.32. The van der Waals surface area contributed by atoms with Gasteiger partial charge in [-0.3, -0.25) is 4.79 Å². The molecule has 1 atom stereocenters. The maximum atomic E-state index is 12.3. The van der Waals surface area contributed by atoms with Gasteiger partial charge in [-0.1, -0.05) is 60.7 Å². The second-order valence-electron chi connectivity index (χ2n) is 8.69. The minimum absolute atomic E-state index is 0.230. The van der Waals surface area contributed by atoms with Crippen LogP contribution in [0.25, 0.3) is 0 Å². The van der Waals surface area contributed by atoms with Crippen molar-refractivity contribution in [2.45, 2.75) is 57.5 Å². The molecule has 2 aromatic rings. The molecule has 0 spiro atoms. The van der Waals surface area contributed by atoms with Crippen LogP contribution in [-0.4, -0.2) is 42.4 Å². The number of carbonyl (C=O) groups is 1. The fourth-order valence-corrected chi connectivity index (χ4v) is 5.07. The van der Waals surface area contributed by atoms with E-state index in [2.05, 4.69) is 84.6 Å². The summed E-state index contributed by atoms with van der Waals surface area (Å²) in [5, 5.41) is 0. The first kappa shape index (κ1) is 21.6. The Kier molecular flexibility index (Phi) is 7.88. The number of rotatable bonds is 8. The van der Waals surface area contributed by atoms with E-state index in [4.69, 9.17) is 0 Å². The molecule has 1 unspecified atom stereocenters. The molecule has 0 aliphatic heterocycles. The zero-order valence-electron chi connectivity index (χ0n) is 18.3. The van der Waals surface area contributed by atoms with E-state index in [9.17, 15) is 4.79 Å². The Morgan fingerprint density at radius 3 is 2.07 bits per heavy atom. The number of hydrogen-bond acceptors (Lipinski definition) is 2. The van der Waals surface area contributed by atoms with Crippen LogP contribution >= 0.6 is 0 Å². The van der Waals surface area contributed by atoms with Crippen molar-refractivity contribution in [3.05, 3.63) is 71.8 Å². The van der Waals surface area contributed by atoms with Gasteiger partial charge in [-0.2, -0.15) is 0 Å². The van der Waals surface area contributed by atoms with Gasteiger partial charge in [0.1, 0.15) is 0 Å². The van der Waals surface area contributed by atoms with Crippen molar-refractivity contribution in [2.75, 3.05) is 20.6 Å². The number of nitrogens with zero attached hydrogens (tertiary/aromatic N) is 2. The molecular formula is C26H36N2O. The molecule has 1 aliphatic carbocycles. The molecule has 3 heteroatoms. The zero-order valence-corrected chi connectivity index (χ0v) is 18.3. The lowest BCUT2D eigenvalue weighted by Crippen LogP contribution is -2.43. The van der Waals surface area contributed by atoms with E-state index in [1.165, 1.54) is 24.0 Å². The SMILES string of the molecule is CC(=O)N(CCCc1ccccc1)C1CCC(C(c2ccccc2)N(C)C)CC1. The van der Waals surface area contributed by atoms with Crippen molar-refractivity contribution in [3.63, 3.8) is 0 Å². The predicted molar refractivity (Wildman–Crippen MR) is 121 cm³/mol. The summed E-state index contributed by atoms with van der Waals surface area (Å²) < 4.78 is 0. The van der Waals surface area contributed by atoms with E-state index in [0.717, 1.165) is 32.2 Å². The first-order chi connectivity index (χ1) is 14.1. The van der Waals surface area contributed by atoms with Gasteiger partial charge in [0.2, 0.25) is 5.91 Å². The van der Waals surface area contributed by atoms with Gasteiger partial charge in [-0.15, -0.1) is 0 Å². The standard InChI is InChI=1S/C26H36N2O/c1-21(29)28(20-10-13-22-11-6-4-7-12-22)25-18-16-24(17-19-25)26(27(2)3)23-14-8-5-9-15-23/h4-9,11-12,14-15,24-26H,10,13,16-20H2,1-3H3. The van der Waals surface area contributed by atoms with E-state index in [-0.39, 0.29) is 5.91 Å². The Bertz CT molecular complexity index is 736. The van der Waals surface area contributed by atoms with E-state index in [0.29, 0.717) is 18.0 Å². The lowest BCUT2D eigenvalue weighted by Gasteiger charge is -2.41. The van der Waals surface area contributed by atoms with Crippen LogP contribution in [0.15, 0.2) is 60.7 Å². The highest BCUT2D eigenvalue weighted by Crippen LogP contribution is 2.38. The first-order valence-electron chi connectivity index (χ1n) is 11.1.